The Morgan fingerprint density at radius 3 is 2.80 bits per heavy atom. The van der Waals surface area contributed by atoms with Crippen molar-refractivity contribution >= 4 is 22.4 Å². The predicted octanol–water partition coefficient (Wildman–Crippen LogP) is 2.33. The van der Waals surface area contributed by atoms with Crippen LogP contribution in [0, 0.1) is 5.92 Å². The third kappa shape index (κ3) is 2.34. The molecule has 0 aliphatic heterocycles. The molecule has 2 unspecified atom stereocenters. The first kappa shape index (κ1) is 10.5. The Balaban J connectivity index is 2.08. The second kappa shape index (κ2) is 3.89. The molecule has 0 spiro atoms. The Kier molecular flexibility index (Phi) is 2.73. The minimum Gasteiger partial charge on any atom is -0.484 e. The van der Waals surface area contributed by atoms with E-state index in [9.17, 15) is 0 Å². The Hall–Kier alpha value is -0.970. The first-order valence-electron chi connectivity index (χ1n) is 5.26. The van der Waals surface area contributed by atoms with E-state index in [0.29, 0.717) is 17.6 Å². The molecule has 1 aliphatic rings. The van der Waals surface area contributed by atoms with Crippen LogP contribution in [-0.4, -0.2) is 16.5 Å². The molecular weight excluding hydrogens is 210 g/mol. The lowest BCUT2D eigenvalue weighted by Crippen LogP contribution is -2.09. The monoisotopic (exact) mass is 227 g/mol. The summed E-state index contributed by atoms with van der Waals surface area (Å²) < 4.78 is 9.75. The second-order valence-corrected chi connectivity index (χ2v) is 5.13. The summed E-state index contributed by atoms with van der Waals surface area (Å²) in [6.45, 7) is 6.20. The molecule has 0 aromatic carbocycles. The number of hydrogen-bond donors (Lipinski definition) is 2. The second-order valence-electron chi connectivity index (χ2n) is 4.36. The first-order chi connectivity index (χ1) is 7.08. The fourth-order valence-corrected chi connectivity index (χ4v) is 2.14. The lowest BCUT2D eigenvalue weighted by molar-refractivity contribution is 0.245. The number of nitrogens with zero attached hydrogens (tertiary/aromatic N) is 1. The van der Waals surface area contributed by atoms with Crippen molar-refractivity contribution in [3.63, 3.8) is 0 Å². The van der Waals surface area contributed by atoms with E-state index in [2.05, 4.69) is 16.6 Å². The number of anilines is 2. The summed E-state index contributed by atoms with van der Waals surface area (Å²) in [6, 6.07) is 0.569. The van der Waals surface area contributed by atoms with E-state index in [4.69, 9.17) is 10.5 Å². The van der Waals surface area contributed by atoms with Gasteiger partial charge < -0.3 is 15.8 Å². The minimum absolute atomic E-state index is 0.126. The van der Waals surface area contributed by atoms with Gasteiger partial charge in [0, 0.05) is 6.04 Å². The van der Waals surface area contributed by atoms with E-state index in [1.54, 1.807) is 0 Å². The summed E-state index contributed by atoms with van der Waals surface area (Å²) in [4.78, 5) is 0. The van der Waals surface area contributed by atoms with Crippen LogP contribution < -0.4 is 15.8 Å². The van der Waals surface area contributed by atoms with Crippen molar-refractivity contribution in [1.82, 2.24) is 4.37 Å². The molecule has 5 heteroatoms. The standard InChI is InChI=1S/C10H17N3OS/c1-5(2)14-8-9(11)13-15-10(8)12-7-4-6(7)3/h5-7,12H,4H2,1-3H3,(H2,11,13). The molecule has 0 radical (unpaired) electrons. The summed E-state index contributed by atoms with van der Waals surface area (Å²) in [7, 11) is 0. The molecule has 4 nitrogen and oxygen atoms in total. The zero-order valence-corrected chi connectivity index (χ0v) is 10.1. The fourth-order valence-electron chi connectivity index (χ4n) is 1.43. The molecule has 1 fully saturated rings. The van der Waals surface area contributed by atoms with Gasteiger partial charge in [-0.1, -0.05) is 6.92 Å². The van der Waals surface area contributed by atoms with Gasteiger partial charge >= 0.3 is 0 Å². The van der Waals surface area contributed by atoms with Crippen molar-refractivity contribution in [3.8, 4) is 5.75 Å². The van der Waals surface area contributed by atoms with Gasteiger partial charge in [0.25, 0.3) is 0 Å². The van der Waals surface area contributed by atoms with Crippen molar-refractivity contribution in [1.29, 1.82) is 0 Å². The van der Waals surface area contributed by atoms with Gasteiger partial charge in [-0.05, 0) is 37.7 Å². The molecule has 1 aromatic heterocycles. The van der Waals surface area contributed by atoms with Crippen LogP contribution in [0.5, 0.6) is 5.75 Å². The van der Waals surface area contributed by atoms with Crippen LogP contribution in [0.2, 0.25) is 0 Å². The number of hydrogen-bond acceptors (Lipinski definition) is 5. The molecule has 2 rings (SSSR count). The first-order valence-corrected chi connectivity index (χ1v) is 6.03. The van der Waals surface area contributed by atoms with Gasteiger partial charge in [0.15, 0.2) is 16.6 Å². The molecule has 2 atom stereocenters. The predicted molar refractivity (Wildman–Crippen MR) is 63.5 cm³/mol. The summed E-state index contributed by atoms with van der Waals surface area (Å²) in [6.07, 6.45) is 1.35. The number of nitrogen functional groups attached to an aromatic ring is 1. The summed E-state index contributed by atoms with van der Waals surface area (Å²) in [5, 5.41) is 4.38. The van der Waals surface area contributed by atoms with E-state index >= 15 is 0 Å². The molecule has 1 heterocycles. The Bertz CT molecular complexity index is 350. The molecular formula is C10H17N3OS. The molecule has 1 aromatic rings. The molecule has 1 aliphatic carbocycles. The van der Waals surface area contributed by atoms with E-state index in [0.717, 1.165) is 10.9 Å². The minimum atomic E-state index is 0.126. The average molecular weight is 227 g/mol. The third-order valence-electron chi connectivity index (χ3n) is 2.45. The number of aromatic nitrogens is 1. The third-order valence-corrected chi connectivity index (χ3v) is 3.23. The van der Waals surface area contributed by atoms with Crippen LogP contribution in [0.3, 0.4) is 0 Å². The summed E-state index contributed by atoms with van der Waals surface area (Å²) in [5.74, 6) is 1.96. The number of rotatable bonds is 4. The van der Waals surface area contributed by atoms with Gasteiger partial charge in [0.2, 0.25) is 0 Å². The number of nitrogens with one attached hydrogen (secondary N) is 1. The zero-order valence-electron chi connectivity index (χ0n) is 9.28. The Labute approximate surface area is 94.0 Å². The normalized spacial score (nSPS) is 24.3. The van der Waals surface area contributed by atoms with E-state index < -0.39 is 0 Å². The molecule has 0 saturated heterocycles. The smallest absolute Gasteiger partial charge is 0.197 e. The van der Waals surface area contributed by atoms with Crippen LogP contribution in [-0.2, 0) is 0 Å². The SMILES string of the molecule is CC(C)Oc1c(N)nsc1NC1CC1C. The molecule has 0 bridgehead atoms. The highest BCUT2D eigenvalue weighted by atomic mass is 32.1. The lowest BCUT2D eigenvalue weighted by Gasteiger charge is -2.11. The largest absolute Gasteiger partial charge is 0.484 e. The summed E-state index contributed by atoms with van der Waals surface area (Å²) >= 11 is 1.38. The maximum Gasteiger partial charge on any atom is 0.197 e. The maximum atomic E-state index is 5.75. The number of ether oxygens (including phenoxy) is 1. The van der Waals surface area contributed by atoms with Gasteiger partial charge in [-0.3, -0.25) is 0 Å². The van der Waals surface area contributed by atoms with E-state index in [-0.39, 0.29) is 6.10 Å². The average Bonchev–Trinajstić information content (AvgIpc) is 2.74. The Morgan fingerprint density at radius 2 is 2.27 bits per heavy atom. The van der Waals surface area contributed by atoms with E-state index in [1.807, 2.05) is 13.8 Å². The molecule has 15 heavy (non-hydrogen) atoms. The highest BCUT2D eigenvalue weighted by molar-refractivity contribution is 7.11. The quantitative estimate of drug-likeness (QED) is 0.828. The van der Waals surface area contributed by atoms with Crippen LogP contribution in [0.25, 0.3) is 0 Å². The fraction of sp³-hybridized carbons (Fsp3) is 0.700. The highest BCUT2D eigenvalue weighted by Crippen LogP contribution is 2.41. The number of nitrogens with two attached hydrogens (primary N) is 1. The highest BCUT2D eigenvalue weighted by Gasteiger charge is 2.34. The van der Waals surface area contributed by atoms with Gasteiger partial charge in [-0.15, -0.1) is 0 Å². The van der Waals surface area contributed by atoms with Crippen molar-refractivity contribution in [2.45, 2.75) is 39.3 Å². The van der Waals surface area contributed by atoms with Crippen molar-refractivity contribution < 1.29 is 4.74 Å². The van der Waals surface area contributed by atoms with Gasteiger partial charge in [-0.25, -0.2) is 0 Å². The van der Waals surface area contributed by atoms with Gasteiger partial charge in [-0.2, -0.15) is 4.37 Å². The Morgan fingerprint density at radius 1 is 1.60 bits per heavy atom. The molecule has 0 amide bonds. The van der Waals surface area contributed by atoms with Crippen LogP contribution in [0.15, 0.2) is 0 Å². The van der Waals surface area contributed by atoms with Gasteiger partial charge in [0.1, 0.15) is 0 Å². The zero-order chi connectivity index (χ0) is 11.0. The van der Waals surface area contributed by atoms with Crippen molar-refractivity contribution in [2.75, 3.05) is 11.1 Å². The van der Waals surface area contributed by atoms with Crippen molar-refractivity contribution in [2.24, 2.45) is 5.92 Å². The topological polar surface area (TPSA) is 60.2 Å². The molecule has 1 saturated carbocycles. The molecule has 3 N–H and O–H groups in total. The van der Waals surface area contributed by atoms with E-state index in [1.165, 1.54) is 18.0 Å². The molecule has 84 valence electrons. The van der Waals surface area contributed by atoms with Crippen LogP contribution in [0.1, 0.15) is 27.2 Å². The van der Waals surface area contributed by atoms with Gasteiger partial charge in [0.05, 0.1) is 6.10 Å². The maximum absolute atomic E-state index is 5.75. The van der Waals surface area contributed by atoms with Crippen LogP contribution >= 0.6 is 11.5 Å². The lowest BCUT2D eigenvalue weighted by atomic mass is 10.4. The van der Waals surface area contributed by atoms with Crippen molar-refractivity contribution in [3.05, 3.63) is 0 Å². The van der Waals surface area contributed by atoms with Crippen LogP contribution in [0.4, 0.5) is 10.8 Å². The summed E-state index contributed by atoms with van der Waals surface area (Å²) in [5.41, 5.74) is 5.75.